The molecule has 0 amide bonds. The smallest absolute Gasteiger partial charge is 0.276 e. The molecule has 0 aliphatic heterocycles. The van der Waals surface area contributed by atoms with E-state index in [2.05, 4.69) is 19.6 Å². The highest BCUT2D eigenvalue weighted by atomic mass is 32.2. The van der Waals surface area contributed by atoms with E-state index in [1.165, 1.54) is 7.05 Å². The minimum atomic E-state index is -3.34. The van der Waals surface area contributed by atoms with Gasteiger partial charge in [0.2, 0.25) is 0 Å². The lowest BCUT2D eigenvalue weighted by Gasteiger charge is -2.01. The highest BCUT2D eigenvalue weighted by Crippen LogP contribution is 1.92. The van der Waals surface area contributed by atoms with Crippen LogP contribution in [0.15, 0.2) is 12.4 Å². The Morgan fingerprint density at radius 2 is 2.42 bits per heavy atom. The van der Waals surface area contributed by atoms with Crippen LogP contribution in [0.3, 0.4) is 0 Å². The zero-order chi connectivity index (χ0) is 9.03. The first kappa shape index (κ1) is 9.17. The molecule has 0 saturated carbocycles. The van der Waals surface area contributed by atoms with E-state index in [0.717, 1.165) is 5.56 Å². The summed E-state index contributed by atoms with van der Waals surface area (Å²) in [7, 11) is -1.99. The van der Waals surface area contributed by atoms with Crippen LogP contribution in [-0.4, -0.2) is 25.7 Å². The van der Waals surface area contributed by atoms with Crippen LogP contribution in [0.4, 0.5) is 0 Å². The van der Waals surface area contributed by atoms with E-state index >= 15 is 0 Å². The molecular weight excluding hydrogens is 180 g/mol. The molecule has 0 bridgehead atoms. The van der Waals surface area contributed by atoms with Gasteiger partial charge in [0.1, 0.15) is 0 Å². The van der Waals surface area contributed by atoms with Crippen molar-refractivity contribution in [3.8, 4) is 0 Å². The van der Waals surface area contributed by atoms with Crippen LogP contribution < -0.4 is 9.44 Å². The zero-order valence-corrected chi connectivity index (χ0v) is 7.35. The van der Waals surface area contributed by atoms with E-state index in [1.807, 2.05) is 0 Å². The number of hydrogen-bond donors (Lipinski definition) is 3. The second kappa shape index (κ2) is 3.65. The van der Waals surface area contributed by atoms with Gasteiger partial charge in [0.15, 0.2) is 0 Å². The summed E-state index contributed by atoms with van der Waals surface area (Å²) < 4.78 is 26.1. The fourth-order valence-electron chi connectivity index (χ4n) is 0.625. The predicted octanol–water partition coefficient (Wildman–Crippen LogP) is -1.04. The maximum absolute atomic E-state index is 10.8. The first-order chi connectivity index (χ1) is 5.64. The van der Waals surface area contributed by atoms with E-state index in [9.17, 15) is 8.42 Å². The lowest BCUT2D eigenvalue weighted by molar-refractivity contribution is 0.573. The molecule has 12 heavy (non-hydrogen) atoms. The van der Waals surface area contributed by atoms with Crippen LogP contribution in [0.25, 0.3) is 0 Å². The molecular formula is C5H10N4O2S. The van der Waals surface area contributed by atoms with Gasteiger partial charge in [-0.2, -0.15) is 18.2 Å². The number of aromatic amines is 1. The van der Waals surface area contributed by atoms with Crippen LogP contribution in [0, 0.1) is 0 Å². The van der Waals surface area contributed by atoms with Gasteiger partial charge in [-0.1, -0.05) is 0 Å². The molecule has 3 N–H and O–H groups in total. The van der Waals surface area contributed by atoms with Crippen LogP contribution in [0.1, 0.15) is 5.56 Å². The van der Waals surface area contributed by atoms with Gasteiger partial charge in [0.25, 0.3) is 10.2 Å². The fourth-order valence-corrected chi connectivity index (χ4v) is 1.13. The molecule has 0 unspecified atom stereocenters. The SMILES string of the molecule is CNS(=O)(=O)NCc1cn[nH]c1. The van der Waals surface area contributed by atoms with Crippen molar-refractivity contribution in [2.24, 2.45) is 0 Å². The first-order valence-electron chi connectivity index (χ1n) is 3.30. The third-order valence-electron chi connectivity index (χ3n) is 1.29. The molecule has 1 heterocycles. The number of nitrogens with zero attached hydrogens (tertiary/aromatic N) is 1. The minimum Gasteiger partial charge on any atom is -0.285 e. The Morgan fingerprint density at radius 3 is 2.92 bits per heavy atom. The summed E-state index contributed by atoms with van der Waals surface area (Å²) in [4.78, 5) is 0. The second-order valence-electron chi connectivity index (χ2n) is 2.14. The molecule has 0 aliphatic carbocycles. The summed E-state index contributed by atoms with van der Waals surface area (Å²) in [6.07, 6.45) is 3.18. The third kappa shape index (κ3) is 2.61. The number of hydrogen-bond acceptors (Lipinski definition) is 3. The predicted molar refractivity (Wildman–Crippen MR) is 43.4 cm³/mol. The summed E-state index contributed by atoms with van der Waals surface area (Å²) >= 11 is 0. The van der Waals surface area contributed by atoms with Gasteiger partial charge in [0, 0.05) is 25.4 Å². The number of aromatic nitrogens is 2. The van der Waals surface area contributed by atoms with E-state index in [0.29, 0.717) is 0 Å². The van der Waals surface area contributed by atoms with Crippen molar-refractivity contribution < 1.29 is 8.42 Å². The molecule has 6 nitrogen and oxygen atoms in total. The van der Waals surface area contributed by atoms with E-state index in [-0.39, 0.29) is 6.54 Å². The first-order valence-corrected chi connectivity index (χ1v) is 4.78. The lowest BCUT2D eigenvalue weighted by atomic mass is 10.4. The zero-order valence-electron chi connectivity index (χ0n) is 6.53. The van der Waals surface area contributed by atoms with Crippen molar-refractivity contribution in [2.45, 2.75) is 6.54 Å². The van der Waals surface area contributed by atoms with Crippen LogP contribution >= 0.6 is 0 Å². The van der Waals surface area contributed by atoms with E-state index in [1.54, 1.807) is 12.4 Å². The Hall–Kier alpha value is -0.920. The molecule has 1 aromatic rings. The quantitative estimate of drug-likeness (QED) is 0.567. The van der Waals surface area contributed by atoms with Crippen LogP contribution in [0.5, 0.6) is 0 Å². The summed E-state index contributed by atoms with van der Waals surface area (Å²) in [5.74, 6) is 0. The fraction of sp³-hybridized carbons (Fsp3) is 0.400. The molecule has 68 valence electrons. The van der Waals surface area contributed by atoms with Crippen molar-refractivity contribution in [1.29, 1.82) is 0 Å². The largest absolute Gasteiger partial charge is 0.285 e. The summed E-state index contributed by atoms with van der Waals surface area (Å²) in [5, 5.41) is 6.25. The van der Waals surface area contributed by atoms with Gasteiger partial charge in [-0.25, -0.2) is 4.72 Å². The Morgan fingerprint density at radius 1 is 1.67 bits per heavy atom. The maximum Gasteiger partial charge on any atom is 0.276 e. The highest BCUT2D eigenvalue weighted by molar-refractivity contribution is 7.87. The van der Waals surface area contributed by atoms with Gasteiger partial charge in [-0.3, -0.25) is 5.10 Å². The number of H-pyrrole nitrogens is 1. The van der Waals surface area contributed by atoms with E-state index < -0.39 is 10.2 Å². The Kier molecular flexibility index (Phi) is 2.79. The molecule has 1 rings (SSSR count). The van der Waals surface area contributed by atoms with Crippen molar-refractivity contribution in [3.05, 3.63) is 18.0 Å². The minimum absolute atomic E-state index is 0.236. The Balaban J connectivity index is 2.47. The molecule has 0 radical (unpaired) electrons. The molecule has 1 aromatic heterocycles. The summed E-state index contributed by atoms with van der Waals surface area (Å²) in [5.41, 5.74) is 0.786. The Bertz CT molecular complexity index is 317. The summed E-state index contributed by atoms with van der Waals surface area (Å²) in [6, 6.07) is 0. The molecule has 0 fully saturated rings. The molecule has 7 heteroatoms. The molecule has 0 aromatic carbocycles. The normalized spacial score (nSPS) is 11.8. The van der Waals surface area contributed by atoms with Gasteiger partial charge in [-0.15, -0.1) is 0 Å². The van der Waals surface area contributed by atoms with Gasteiger partial charge in [0.05, 0.1) is 6.20 Å². The monoisotopic (exact) mass is 190 g/mol. The third-order valence-corrected chi connectivity index (χ3v) is 2.35. The molecule has 0 aliphatic rings. The van der Waals surface area contributed by atoms with Crippen molar-refractivity contribution in [3.63, 3.8) is 0 Å². The van der Waals surface area contributed by atoms with Crippen LogP contribution in [0.2, 0.25) is 0 Å². The van der Waals surface area contributed by atoms with Crippen molar-refractivity contribution in [2.75, 3.05) is 7.05 Å². The highest BCUT2D eigenvalue weighted by Gasteiger charge is 2.04. The number of nitrogens with one attached hydrogen (secondary N) is 3. The maximum atomic E-state index is 10.8. The Labute approximate surface area is 70.6 Å². The lowest BCUT2D eigenvalue weighted by Crippen LogP contribution is -2.33. The van der Waals surface area contributed by atoms with Gasteiger partial charge in [-0.05, 0) is 0 Å². The number of rotatable bonds is 4. The van der Waals surface area contributed by atoms with Crippen molar-refractivity contribution in [1.82, 2.24) is 19.6 Å². The average molecular weight is 190 g/mol. The standard InChI is InChI=1S/C5H10N4O2S/c1-6-12(10,11)9-4-5-2-7-8-3-5/h2-3,6,9H,4H2,1H3,(H,7,8). The van der Waals surface area contributed by atoms with Crippen molar-refractivity contribution >= 4 is 10.2 Å². The van der Waals surface area contributed by atoms with Gasteiger partial charge >= 0.3 is 0 Å². The van der Waals surface area contributed by atoms with E-state index in [4.69, 9.17) is 0 Å². The molecule has 0 spiro atoms. The molecule has 0 atom stereocenters. The summed E-state index contributed by atoms with van der Waals surface area (Å²) in [6.45, 7) is 0.236. The second-order valence-corrected chi connectivity index (χ2v) is 3.84. The van der Waals surface area contributed by atoms with Gasteiger partial charge < -0.3 is 0 Å². The topological polar surface area (TPSA) is 86.9 Å². The van der Waals surface area contributed by atoms with Crippen LogP contribution in [-0.2, 0) is 16.8 Å². The molecule has 0 saturated heterocycles. The average Bonchev–Trinajstić information content (AvgIpc) is 2.53.